The van der Waals surface area contributed by atoms with Gasteiger partial charge in [0, 0.05) is 26.7 Å². The second-order valence-electron chi connectivity index (χ2n) is 3.95. The van der Waals surface area contributed by atoms with Gasteiger partial charge in [-0.3, -0.25) is 4.79 Å². The normalized spacial score (nSPS) is 20.2. The minimum absolute atomic E-state index is 0.106. The molecule has 0 radical (unpaired) electrons. The highest BCUT2D eigenvalue weighted by atomic mass is 127. The van der Waals surface area contributed by atoms with Crippen molar-refractivity contribution in [3.8, 4) is 0 Å². The molecule has 94 valence electrons. The maximum atomic E-state index is 11.5. The average molecular weight is 350 g/mol. The largest absolute Gasteiger partial charge is 0.374 e. The van der Waals surface area contributed by atoms with E-state index in [0.29, 0.717) is 9.39 Å². The van der Waals surface area contributed by atoms with Crippen molar-refractivity contribution in [2.24, 2.45) is 0 Å². The summed E-state index contributed by atoms with van der Waals surface area (Å²) in [5.74, 6) is 0.698. The van der Waals surface area contributed by atoms with E-state index in [4.69, 9.17) is 4.74 Å². The first-order chi connectivity index (χ1) is 8.18. The van der Waals surface area contributed by atoms with Crippen molar-refractivity contribution in [1.29, 1.82) is 0 Å². The number of anilines is 1. The lowest BCUT2D eigenvalue weighted by Gasteiger charge is -2.28. The SMILES string of the molecule is CN(CC1CNCCO1)c1nc[nH]c(=O)c1I. The molecule has 7 heteroatoms. The molecule has 1 saturated heterocycles. The third-order valence-electron chi connectivity index (χ3n) is 2.62. The van der Waals surface area contributed by atoms with Gasteiger partial charge in [0.1, 0.15) is 9.39 Å². The van der Waals surface area contributed by atoms with Crippen LogP contribution in [0.1, 0.15) is 0 Å². The first kappa shape index (κ1) is 12.8. The van der Waals surface area contributed by atoms with E-state index in [1.165, 1.54) is 6.33 Å². The molecule has 0 aliphatic carbocycles. The summed E-state index contributed by atoms with van der Waals surface area (Å²) in [6, 6.07) is 0. The number of aromatic amines is 1. The van der Waals surface area contributed by atoms with Crippen LogP contribution in [0.15, 0.2) is 11.1 Å². The molecule has 1 fully saturated rings. The number of nitrogens with one attached hydrogen (secondary N) is 2. The maximum absolute atomic E-state index is 11.5. The van der Waals surface area contributed by atoms with Crippen molar-refractivity contribution >= 4 is 28.4 Å². The number of rotatable bonds is 3. The van der Waals surface area contributed by atoms with Crippen molar-refractivity contribution in [3.63, 3.8) is 0 Å². The highest BCUT2D eigenvalue weighted by molar-refractivity contribution is 14.1. The van der Waals surface area contributed by atoms with Crippen LogP contribution in [0.5, 0.6) is 0 Å². The summed E-state index contributed by atoms with van der Waals surface area (Å²) in [7, 11) is 1.92. The van der Waals surface area contributed by atoms with Crippen LogP contribution in [0.3, 0.4) is 0 Å². The number of aromatic nitrogens is 2. The molecular weight excluding hydrogens is 335 g/mol. The highest BCUT2D eigenvalue weighted by Gasteiger charge is 2.18. The molecule has 0 bridgehead atoms. The van der Waals surface area contributed by atoms with Crippen LogP contribution >= 0.6 is 22.6 Å². The number of morpholine rings is 1. The Kier molecular flexibility index (Phi) is 4.35. The fourth-order valence-electron chi connectivity index (χ4n) is 1.77. The summed E-state index contributed by atoms with van der Waals surface area (Å²) in [6.07, 6.45) is 1.57. The van der Waals surface area contributed by atoms with Gasteiger partial charge in [-0.1, -0.05) is 0 Å². The van der Waals surface area contributed by atoms with E-state index in [-0.39, 0.29) is 11.7 Å². The molecular formula is C10H15IN4O2. The summed E-state index contributed by atoms with van der Waals surface area (Å²) in [4.78, 5) is 20.2. The number of hydrogen-bond acceptors (Lipinski definition) is 5. The van der Waals surface area contributed by atoms with E-state index in [1.807, 2.05) is 34.5 Å². The Morgan fingerprint density at radius 3 is 3.24 bits per heavy atom. The van der Waals surface area contributed by atoms with Gasteiger partial charge in [-0.05, 0) is 22.6 Å². The van der Waals surface area contributed by atoms with E-state index >= 15 is 0 Å². The van der Waals surface area contributed by atoms with Gasteiger partial charge in [-0.15, -0.1) is 0 Å². The number of likely N-dealkylation sites (N-methyl/N-ethyl adjacent to an activating group) is 1. The Labute approximate surface area is 113 Å². The summed E-state index contributed by atoms with van der Waals surface area (Å²) < 4.78 is 6.23. The quantitative estimate of drug-likeness (QED) is 0.739. The Morgan fingerprint density at radius 1 is 1.71 bits per heavy atom. The third-order valence-corrected chi connectivity index (χ3v) is 3.59. The fraction of sp³-hybridized carbons (Fsp3) is 0.600. The number of H-pyrrole nitrogens is 1. The minimum Gasteiger partial charge on any atom is -0.374 e. The number of ether oxygens (including phenoxy) is 1. The lowest BCUT2D eigenvalue weighted by molar-refractivity contribution is 0.0339. The molecule has 6 nitrogen and oxygen atoms in total. The van der Waals surface area contributed by atoms with Crippen molar-refractivity contribution in [3.05, 3.63) is 20.3 Å². The van der Waals surface area contributed by atoms with Gasteiger partial charge >= 0.3 is 0 Å². The second-order valence-corrected chi connectivity index (χ2v) is 5.03. The van der Waals surface area contributed by atoms with Gasteiger partial charge in [-0.2, -0.15) is 0 Å². The summed E-state index contributed by atoms with van der Waals surface area (Å²) in [5.41, 5.74) is -0.106. The van der Waals surface area contributed by atoms with Gasteiger partial charge in [0.25, 0.3) is 5.56 Å². The van der Waals surface area contributed by atoms with Crippen LogP contribution < -0.4 is 15.8 Å². The van der Waals surface area contributed by atoms with Crippen LogP contribution in [0, 0.1) is 3.57 Å². The van der Waals surface area contributed by atoms with Crippen LogP contribution in [0.25, 0.3) is 0 Å². The van der Waals surface area contributed by atoms with Crippen molar-refractivity contribution in [1.82, 2.24) is 15.3 Å². The lowest BCUT2D eigenvalue weighted by atomic mass is 10.3. The van der Waals surface area contributed by atoms with Gasteiger partial charge in [0.15, 0.2) is 0 Å². The molecule has 0 aromatic carbocycles. The fourth-order valence-corrected chi connectivity index (χ4v) is 2.48. The van der Waals surface area contributed by atoms with Gasteiger partial charge in [0.2, 0.25) is 0 Å². The molecule has 1 aliphatic heterocycles. The maximum Gasteiger partial charge on any atom is 0.266 e. The molecule has 0 saturated carbocycles. The van der Waals surface area contributed by atoms with Gasteiger partial charge < -0.3 is 19.9 Å². The Bertz CT molecular complexity index is 431. The zero-order chi connectivity index (χ0) is 12.3. The van der Waals surface area contributed by atoms with E-state index < -0.39 is 0 Å². The smallest absolute Gasteiger partial charge is 0.266 e. The van der Waals surface area contributed by atoms with Crippen LogP contribution in [0.2, 0.25) is 0 Å². The Hall–Kier alpha value is -0.670. The molecule has 1 aromatic heterocycles. The Balaban J connectivity index is 2.06. The highest BCUT2D eigenvalue weighted by Crippen LogP contribution is 2.14. The first-order valence-corrected chi connectivity index (χ1v) is 6.53. The molecule has 2 N–H and O–H groups in total. The molecule has 0 amide bonds. The molecule has 17 heavy (non-hydrogen) atoms. The zero-order valence-electron chi connectivity index (χ0n) is 9.57. The summed E-state index contributed by atoms with van der Waals surface area (Å²) in [6.45, 7) is 3.20. The van der Waals surface area contributed by atoms with Gasteiger partial charge in [-0.25, -0.2) is 4.98 Å². The summed E-state index contributed by atoms with van der Waals surface area (Å²) in [5, 5.41) is 3.28. The summed E-state index contributed by atoms with van der Waals surface area (Å²) >= 11 is 2.01. The molecule has 1 aromatic rings. The van der Waals surface area contributed by atoms with Crippen LogP contribution in [0.4, 0.5) is 5.82 Å². The second kappa shape index (κ2) is 5.78. The van der Waals surface area contributed by atoms with E-state index in [0.717, 1.165) is 26.2 Å². The first-order valence-electron chi connectivity index (χ1n) is 5.45. The molecule has 1 unspecified atom stereocenters. The van der Waals surface area contributed by atoms with Gasteiger partial charge in [0.05, 0.1) is 19.0 Å². The molecule has 1 atom stereocenters. The number of hydrogen-bond donors (Lipinski definition) is 2. The lowest BCUT2D eigenvalue weighted by Crippen LogP contribution is -2.45. The number of halogens is 1. The predicted molar refractivity (Wildman–Crippen MR) is 73.5 cm³/mol. The monoisotopic (exact) mass is 350 g/mol. The van der Waals surface area contributed by atoms with E-state index in [1.54, 1.807) is 0 Å². The van der Waals surface area contributed by atoms with Crippen molar-refractivity contribution in [2.45, 2.75) is 6.10 Å². The zero-order valence-corrected chi connectivity index (χ0v) is 11.7. The molecule has 0 spiro atoms. The number of nitrogens with zero attached hydrogens (tertiary/aromatic N) is 2. The molecule has 2 heterocycles. The average Bonchev–Trinajstić information content (AvgIpc) is 2.34. The van der Waals surface area contributed by atoms with E-state index in [9.17, 15) is 4.79 Å². The van der Waals surface area contributed by atoms with E-state index in [2.05, 4.69) is 15.3 Å². The molecule has 2 rings (SSSR count). The third kappa shape index (κ3) is 3.17. The van der Waals surface area contributed by atoms with Crippen molar-refractivity contribution < 1.29 is 4.74 Å². The van der Waals surface area contributed by atoms with Crippen molar-refractivity contribution in [2.75, 3.05) is 38.2 Å². The predicted octanol–water partition coefficient (Wildman–Crippen LogP) is -0.201. The standard InChI is InChI=1S/C10H15IN4O2/c1-15(5-7-4-12-2-3-17-7)9-8(11)10(16)14-6-13-9/h6-7,12H,2-5H2,1H3,(H,13,14,16). The Morgan fingerprint density at radius 2 is 2.53 bits per heavy atom. The molecule has 1 aliphatic rings. The van der Waals surface area contributed by atoms with Crippen LogP contribution in [-0.4, -0.2) is 49.4 Å². The minimum atomic E-state index is -0.106. The topological polar surface area (TPSA) is 70.2 Å². The van der Waals surface area contributed by atoms with Crippen LogP contribution in [-0.2, 0) is 4.74 Å².